The van der Waals surface area contributed by atoms with Crippen LogP contribution in [0.1, 0.15) is 13.8 Å². The van der Waals surface area contributed by atoms with Gasteiger partial charge < -0.3 is 74.6 Å². The van der Waals surface area contributed by atoms with Crippen molar-refractivity contribution in [3.8, 4) is 0 Å². The number of ether oxygens (including phenoxy) is 6. The van der Waals surface area contributed by atoms with Gasteiger partial charge in [-0.25, -0.2) is 0 Å². The molecular weight excluding hydrogens is 506 g/mol. The molecule has 16 nitrogen and oxygen atoms in total. The summed E-state index contributed by atoms with van der Waals surface area (Å²) >= 11 is 0. The van der Waals surface area contributed by atoms with E-state index in [1.54, 1.807) is 0 Å². The van der Waals surface area contributed by atoms with Gasteiger partial charge in [-0.1, -0.05) is 0 Å². The van der Waals surface area contributed by atoms with Gasteiger partial charge >= 0.3 is 0 Å². The Kier molecular flexibility index (Phi) is 10.6. The largest absolute Gasteiger partial charge is 0.394 e. The Hall–Kier alpha value is -1.09. The summed E-state index contributed by atoms with van der Waals surface area (Å²) in [7, 11) is 1.26. The van der Waals surface area contributed by atoms with Gasteiger partial charge in [0.25, 0.3) is 0 Å². The minimum Gasteiger partial charge on any atom is -0.394 e. The molecule has 3 heterocycles. The Bertz CT molecular complexity index is 745. The number of rotatable bonds is 8. The molecule has 9 N–H and O–H groups in total. The highest BCUT2D eigenvalue weighted by molar-refractivity contribution is 5.73. The van der Waals surface area contributed by atoms with E-state index in [2.05, 4.69) is 5.32 Å². The molecule has 15 atom stereocenters. The number of carbonyl (C=O) groups is 1. The van der Waals surface area contributed by atoms with Crippen molar-refractivity contribution in [1.29, 1.82) is 0 Å². The Balaban J connectivity index is 1.95. The standard InChI is InChI=1S/C21H37NO15/c1-6-11(26)13(28)15(30)20(33-6)37-18-10(22-7(2)25)19(32-3)35-9(5-24)17(18)36-21-16(31)14(29)12(27)8(4-23)34-21/h6,8-21,23-24,26-31H,4-5H2,1-3H3,(H,22,25)/t6-,8+,9+,10+,11-,12-,13+,14-,15+,16+,17+,18+,19+,20-,21-/m0/s1. The third-order valence-electron chi connectivity index (χ3n) is 6.67. The Morgan fingerprint density at radius 2 is 1.24 bits per heavy atom. The van der Waals surface area contributed by atoms with Crippen molar-refractivity contribution in [3.63, 3.8) is 0 Å². The number of hydrogen-bond acceptors (Lipinski definition) is 15. The van der Waals surface area contributed by atoms with Crippen molar-refractivity contribution >= 4 is 5.91 Å². The van der Waals surface area contributed by atoms with E-state index in [-0.39, 0.29) is 0 Å². The van der Waals surface area contributed by atoms with Crippen LogP contribution >= 0.6 is 0 Å². The number of carbonyl (C=O) groups excluding carboxylic acids is 1. The molecule has 0 aromatic carbocycles. The maximum absolute atomic E-state index is 12.0. The zero-order valence-electron chi connectivity index (χ0n) is 20.5. The van der Waals surface area contributed by atoms with Gasteiger partial charge in [0.2, 0.25) is 5.91 Å². The van der Waals surface area contributed by atoms with Gasteiger partial charge in [0.05, 0.1) is 19.3 Å². The minimum absolute atomic E-state index is 0.549. The third kappa shape index (κ3) is 6.39. The fraction of sp³-hybridized carbons (Fsp3) is 0.952. The zero-order valence-corrected chi connectivity index (χ0v) is 20.5. The molecule has 16 heteroatoms. The minimum atomic E-state index is -1.81. The molecule has 0 saturated carbocycles. The lowest BCUT2D eigenvalue weighted by Crippen LogP contribution is -2.69. The van der Waals surface area contributed by atoms with Crippen molar-refractivity contribution in [2.45, 2.75) is 106 Å². The Labute approximate surface area is 212 Å². The molecule has 1 amide bonds. The van der Waals surface area contributed by atoms with E-state index in [1.165, 1.54) is 21.0 Å². The number of methoxy groups -OCH3 is 1. The summed E-state index contributed by atoms with van der Waals surface area (Å²) in [5, 5.41) is 83.5. The summed E-state index contributed by atoms with van der Waals surface area (Å²) in [6.45, 7) is 1.21. The summed E-state index contributed by atoms with van der Waals surface area (Å²) < 4.78 is 33.7. The van der Waals surface area contributed by atoms with Crippen LogP contribution in [0, 0.1) is 0 Å². The summed E-state index contributed by atoms with van der Waals surface area (Å²) in [6, 6.07) is -1.17. The van der Waals surface area contributed by atoms with Crippen LogP contribution < -0.4 is 5.32 Å². The summed E-state index contributed by atoms with van der Waals surface area (Å²) in [5.74, 6) is -0.549. The lowest BCUT2D eigenvalue weighted by atomic mass is 9.94. The fourth-order valence-corrected chi connectivity index (χ4v) is 4.58. The van der Waals surface area contributed by atoms with E-state index in [4.69, 9.17) is 28.4 Å². The van der Waals surface area contributed by atoms with Crippen molar-refractivity contribution in [3.05, 3.63) is 0 Å². The molecule has 0 spiro atoms. The summed E-state index contributed by atoms with van der Waals surface area (Å²) in [6.07, 6.45) is -20.8. The molecule has 37 heavy (non-hydrogen) atoms. The molecule has 0 bridgehead atoms. The highest BCUT2D eigenvalue weighted by atomic mass is 16.8. The monoisotopic (exact) mass is 543 g/mol. The summed E-state index contributed by atoms with van der Waals surface area (Å²) in [4.78, 5) is 12.0. The lowest BCUT2D eigenvalue weighted by molar-refractivity contribution is -0.372. The fourth-order valence-electron chi connectivity index (χ4n) is 4.58. The molecule has 0 unspecified atom stereocenters. The Morgan fingerprint density at radius 1 is 0.730 bits per heavy atom. The van der Waals surface area contributed by atoms with Crippen LogP contribution in [0.3, 0.4) is 0 Å². The smallest absolute Gasteiger partial charge is 0.217 e. The molecule has 0 aliphatic carbocycles. The number of aliphatic hydroxyl groups excluding tert-OH is 8. The predicted molar refractivity (Wildman–Crippen MR) is 116 cm³/mol. The van der Waals surface area contributed by atoms with Crippen LogP contribution in [0.5, 0.6) is 0 Å². The van der Waals surface area contributed by atoms with E-state index in [0.29, 0.717) is 0 Å². The van der Waals surface area contributed by atoms with Gasteiger partial charge in [-0.3, -0.25) is 4.79 Å². The van der Waals surface area contributed by atoms with Crippen molar-refractivity contribution < 1.29 is 74.1 Å². The molecule has 3 rings (SSSR count). The molecule has 3 fully saturated rings. The van der Waals surface area contributed by atoms with Crippen LogP contribution in [-0.2, 0) is 33.2 Å². The van der Waals surface area contributed by atoms with E-state index >= 15 is 0 Å². The van der Waals surface area contributed by atoms with Crippen LogP contribution in [-0.4, -0.2) is 159 Å². The van der Waals surface area contributed by atoms with E-state index in [0.717, 1.165) is 0 Å². The van der Waals surface area contributed by atoms with Crippen molar-refractivity contribution in [1.82, 2.24) is 5.32 Å². The first-order valence-electron chi connectivity index (χ1n) is 11.8. The molecule has 3 aliphatic rings. The van der Waals surface area contributed by atoms with E-state index in [1.807, 2.05) is 0 Å². The van der Waals surface area contributed by atoms with Gasteiger partial charge in [-0.15, -0.1) is 0 Å². The lowest BCUT2D eigenvalue weighted by Gasteiger charge is -2.50. The third-order valence-corrected chi connectivity index (χ3v) is 6.67. The molecule has 0 aromatic rings. The quantitative estimate of drug-likeness (QED) is 0.138. The van der Waals surface area contributed by atoms with Gasteiger partial charge in [0.1, 0.15) is 67.1 Å². The number of aliphatic hydroxyl groups is 8. The highest BCUT2D eigenvalue weighted by Crippen LogP contribution is 2.33. The van der Waals surface area contributed by atoms with Crippen LogP contribution in [0.25, 0.3) is 0 Å². The second-order valence-electron chi connectivity index (χ2n) is 9.27. The van der Waals surface area contributed by atoms with Crippen LogP contribution in [0.4, 0.5) is 0 Å². The zero-order chi connectivity index (χ0) is 27.6. The van der Waals surface area contributed by atoms with Gasteiger partial charge in [0.15, 0.2) is 18.9 Å². The van der Waals surface area contributed by atoms with Crippen LogP contribution in [0.2, 0.25) is 0 Å². The number of nitrogens with one attached hydrogen (secondary N) is 1. The first-order valence-corrected chi connectivity index (χ1v) is 11.8. The van der Waals surface area contributed by atoms with Gasteiger partial charge in [-0.2, -0.15) is 0 Å². The maximum Gasteiger partial charge on any atom is 0.217 e. The molecule has 3 saturated heterocycles. The van der Waals surface area contributed by atoms with E-state index in [9.17, 15) is 45.6 Å². The highest BCUT2D eigenvalue weighted by Gasteiger charge is 2.54. The second-order valence-corrected chi connectivity index (χ2v) is 9.27. The number of hydrogen-bond donors (Lipinski definition) is 9. The average Bonchev–Trinajstić information content (AvgIpc) is 2.87. The predicted octanol–water partition coefficient (Wildman–Crippen LogP) is -5.75. The van der Waals surface area contributed by atoms with Gasteiger partial charge in [-0.05, 0) is 6.92 Å². The topological polar surface area (TPSA) is 246 Å². The maximum atomic E-state index is 12.0. The molecule has 3 aliphatic heterocycles. The normalized spacial score (nSPS) is 49.0. The van der Waals surface area contributed by atoms with Gasteiger partial charge in [0, 0.05) is 14.0 Å². The molecule has 0 radical (unpaired) electrons. The molecular formula is C21H37NO15. The SMILES string of the molecule is CO[C@@H]1O[C@H](CO)[C@@H](O[C@@H]2O[C@H](CO)[C@H](O)[C@H](O)[C@H]2O)[C@H](O[C@@H]2O[C@@H](C)[C@H](O)[C@@H](O)[C@H]2O)[C@H]1NC(C)=O. The average molecular weight is 544 g/mol. The first kappa shape index (κ1) is 30.5. The second kappa shape index (κ2) is 12.8. The molecule has 0 aromatic heterocycles. The van der Waals surface area contributed by atoms with Crippen molar-refractivity contribution in [2.24, 2.45) is 0 Å². The van der Waals surface area contributed by atoms with Crippen molar-refractivity contribution in [2.75, 3.05) is 20.3 Å². The Morgan fingerprint density at radius 3 is 1.78 bits per heavy atom. The van der Waals surface area contributed by atoms with Crippen LogP contribution in [0.15, 0.2) is 0 Å². The summed E-state index contributed by atoms with van der Waals surface area (Å²) in [5.41, 5.74) is 0. The van der Waals surface area contributed by atoms with E-state index < -0.39 is 111 Å². The first-order chi connectivity index (χ1) is 17.4. The molecule has 216 valence electrons. The number of amides is 1.